The Morgan fingerprint density at radius 2 is 2.00 bits per heavy atom. The standard InChI is InChI=1S/C15H21N3O2.CH2O2/c1-11(2)9-20-13-8-6-5-7-12(13)15-16-14(10-19-4)18(3)17-15;2-1-3/h5-8,11H,9-10H2,1-4H3;1H,(H,2,3). The van der Waals surface area contributed by atoms with Crippen LogP contribution in [0.2, 0.25) is 0 Å². The number of aryl methyl sites for hydroxylation is 1. The molecule has 7 heteroatoms. The van der Waals surface area contributed by atoms with Crippen molar-refractivity contribution < 1.29 is 19.4 Å². The molecule has 1 heterocycles. The van der Waals surface area contributed by atoms with E-state index >= 15 is 0 Å². The Kier molecular flexibility index (Phi) is 7.76. The number of ether oxygens (including phenoxy) is 2. The van der Waals surface area contributed by atoms with Gasteiger partial charge in [-0.2, -0.15) is 5.10 Å². The summed E-state index contributed by atoms with van der Waals surface area (Å²) >= 11 is 0. The summed E-state index contributed by atoms with van der Waals surface area (Å²) in [6.45, 7) is 5.12. The van der Waals surface area contributed by atoms with Crippen LogP contribution in [0.4, 0.5) is 0 Å². The van der Waals surface area contributed by atoms with Crippen LogP contribution in [-0.2, 0) is 23.2 Å². The lowest BCUT2D eigenvalue weighted by molar-refractivity contribution is -0.122. The summed E-state index contributed by atoms with van der Waals surface area (Å²) < 4.78 is 12.7. The third-order valence-corrected chi connectivity index (χ3v) is 2.83. The van der Waals surface area contributed by atoms with Gasteiger partial charge in [-0.25, -0.2) is 4.98 Å². The quantitative estimate of drug-likeness (QED) is 0.822. The van der Waals surface area contributed by atoms with E-state index in [1.807, 2.05) is 31.3 Å². The van der Waals surface area contributed by atoms with Gasteiger partial charge in [-0.05, 0) is 18.1 Å². The molecule has 1 aromatic heterocycles. The molecule has 2 rings (SSSR count). The first-order valence-electron chi connectivity index (χ1n) is 7.22. The molecule has 0 atom stereocenters. The third-order valence-electron chi connectivity index (χ3n) is 2.83. The maximum Gasteiger partial charge on any atom is 0.290 e. The number of para-hydroxylation sites is 1. The fourth-order valence-corrected chi connectivity index (χ4v) is 1.82. The zero-order valence-corrected chi connectivity index (χ0v) is 13.9. The average molecular weight is 321 g/mol. The number of hydrogen-bond acceptors (Lipinski definition) is 5. The Bertz CT molecular complexity index is 611. The van der Waals surface area contributed by atoms with Gasteiger partial charge in [0.25, 0.3) is 6.47 Å². The van der Waals surface area contributed by atoms with Crippen LogP contribution in [0.5, 0.6) is 5.75 Å². The SMILES string of the molecule is COCc1nc(-c2ccccc2OCC(C)C)nn1C.O=CO. The Balaban J connectivity index is 0.000000816. The zero-order chi connectivity index (χ0) is 17.2. The molecule has 2 aromatic rings. The highest BCUT2D eigenvalue weighted by atomic mass is 16.5. The Hall–Kier alpha value is -2.41. The van der Waals surface area contributed by atoms with Crippen LogP contribution in [0, 0.1) is 5.92 Å². The minimum Gasteiger partial charge on any atom is -0.493 e. The van der Waals surface area contributed by atoms with Crippen molar-refractivity contribution in [1.29, 1.82) is 0 Å². The van der Waals surface area contributed by atoms with Gasteiger partial charge in [0.1, 0.15) is 12.4 Å². The predicted octanol–water partition coefficient (Wildman–Crippen LogP) is 2.36. The van der Waals surface area contributed by atoms with Crippen molar-refractivity contribution in [3.05, 3.63) is 30.1 Å². The van der Waals surface area contributed by atoms with E-state index in [0.717, 1.165) is 17.1 Å². The normalized spacial score (nSPS) is 10.1. The van der Waals surface area contributed by atoms with Crippen molar-refractivity contribution in [3.8, 4) is 17.1 Å². The molecule has 0 aliphatic carbocycles. The molecule has 23 heavy (non-hydrogen) atoms. The first-order chi connectivity index (χ1) is 11.0. The van der Waals surface area contributed by atoms with Crippen LogP contribution in [0.1, 0.15) is 19.7 Å². The third kappa shape index (κ3) is 5.71. The van der Waals surface area contributed by atoms with E-state index in [-0.39, 0.29) is 6.47 Å². The van der Waals surface area contributed by atoms with E-state index in [9.17, 15) is 0 Å². The monoisotopic (exact) mass is 321 g/mol. The van der Waals surface area contributed by atoms with E-state index in [1.54, 1.807) is 11.8 Å². The second kappa shape index (κ2) is 9.58. The maximum absolute atomic E-state index is 8.36. The Morgan fingerprint density at radius 1 is 1.35 bits per heavy atom. The number of benzene rings is 1. The van der Waals surface area contributed by atoms with Crippen molar-refractivity contribution in [3.63, 3.8) is 0 Å². The van der Waals surface area contributed by atoms with Gasteiger partial charge in [0.05, 0.1) is 12.2 Å². The number of hydrogen-bond donors (Lipinski definition) is 1. The molecule has 0 spiro atoms. The highest BCUT2D eigenvalue weighted by molar-refractivity contribution is 5.63. The Morgan fingerprint density at radius 3 is 2.61 bits per heavy atom. The molecule has 0 aliphatic heterocycles. The number of carbonyl (C=O) groups is 1. The van der Waals surface area contributed by atoms with Gasteiger partial charge < -0.3 is 14.6 Å². The van der Waals surface area contributed by atoms with Crippen molar-refractivity contribution in [2.45, 2.75) is 20.5 Å². The molecular weight excluding hydrogens is 298 g/mol. The molecule has 1 aromatic carbocycles. The van der Waals surface area contributed by atoms with Gasteiger partial charge in [0, 0.05) is 14.2 Å². The molecule has 0 saturated heterocycles. The van der Waals surface area contributed by atoms with E-state index < -0.39 is 0 Å². The molecule has 126 valence electrons. The number of methoxy groups -OCH3 is 1. The summed E-state index contributed by atoms with van der Waals surface area (Å²) in [5.41, 5.74) is 0.908. The van der Waals surface area contributed by atoms with Gasteiger partial charge >= 0.3 is 0 Å². The van der Waals surface area contributed by atoms with E-state index in [4.69, 9.17) is 19.4 Å². The van der Waals surface area contributed by atoms with Crippen molar-refractivity contribution in [2.75, 3.05) is 13.7 Å². The van der Waals surface area contributed by atoms with Gasteiger partial charge in [-0.1, -0.05) is 26.0 Å². The second-order valence-corrected chi connectivity index (χ2v) is 5.21. The van der Waals surface area contributed by atoms with Crippen LogP contribution < -0.4 is 4.74 Å². The summed E-state index contributed by atoms with van der Waals surface area (Å²) in [6, 6.07) is 7.84. The molecular formula is C16H23N3O4. The molecule has 0 radical (unpaired) electrons. The first kappa shape index (κ1) is 18.6. The maximum atomic E-state index is 8.36. The van der Waals surface area contributed by atoms with Crippen LogP contribution >= 0.6 is 0 Å². The highest BCUT2D eigenvalue weighted by Gasteiger charge is 2.13. The Labute approximate surface area is 135 Å². The topological polar surface area (TPSA) is 86.5 Å². The molecule has 0 fully saturated rings. The largest absolute Gasteiger partial charge is 0.493 e. The number of aromatic nitrogens is 3. The second-order valence-electron chi connectivity index (χ2n) is 5.21. The summed E-state index contributed by atoms with van der Waals surface area (Å²) in [5, 5.41) is 11.3. The molecule has 1 N–H and O–H groups in total. The van der Waals surface area contributed by atoms with Crippen LogP contribution in [0.15, 0.2) is 24.3 Å². The highest BCUT2D eigenvalue weighted by Crippen LogP contribution is 2.27. The summed E-state index contributed by atoms with van der Waals surface area (Å²) in [5.74, 6) is 2.75. The van der Waals surface area contributed by atoms with Crippen molar-refractivity contribution >= 4 is 6.47 Å². The summed E-state index contributed by atoms with van der Waals surface area (Å²) in [6.07, 6.45) is 0. The predicted molar refractivity (Wildman–Crippen MR) is 86.2 cm³/mol. The molecule has 0 aliphatic rings. The van der Waals surface area contributed by atoms with E-state index in [0.29, 0.717) is 25.0 Å². The number of rotatable bonds is 6. The minimum absolute atomic E-state index is 0.250. The van der Waals surface area contributed by atoms with Gasteiger partial charge in [0.2, 0.25) is 0 Å². The molecule has 0 amide bonds. The molecule has 0 saturated carbocycles. The van der Waals surface area contributed by atoms with Gasteiger partial charge in [-0.15, -0.1) is 0 Å². The molecule has 0 bridgehead atoms. The number of carboxylic acid groups (broad SMARTS) is 1. The summed E-state index contributed by atoms with van der Waals surface area (Å²) in [7, 11) is 3.51. The lowest BCUT2D eigenvalue weighted by Crippen LogP contribution is -2.05. The molecule has 0 unspecified atom stereocenters. The van der Waals surface area contributed by atoms with Gasteiger partial charge in [0.15, 0.2) is 11.6 Å². The lowest BCUT2D eigenvalue weighted by atomic mass is 10.2. The van der Waals surface area contributed by atoms with E-state index in [1.165, 1.54) is 0 Å². The fourth-order valence-electron chi connectivity index (χ4n) is 1.82. The minimum atomic E-state index is -0.250. The van der Waals surface area contributed by atoms with Crippen LogP contribution in [-0.4, -0.2) is 40.1 Å². The van der Waals surface area contributed by atoms with Crippen molar-refractivity contribution in [2.24, 2.45) is 13.0 Å². The van der Waals surface area contributed by atoms with Gasteiger partial charge in [-0.3, -0.25) is 9.48 Å². The van der Waals surface area contributed by atoms with Crippen LogP contribution in [0.25, 0.3) is 11.4 Å². The first-order valence-corrected chi connectivity index (χ1v) is 7.22. The number of nitrogens with zero attached hydrogens (tertiary/aromatic N) is 3. The summed E-state index contributed by atoms with van der Waals surface area (Å²) in [4.78, 5) is 12.9. The average Bonchev–Trinajstić information content (AvgIpc) is 2.88. The van der Waals surface area contributed by atoms with E-state index in [2.05, 4.69) is 23.9 Å². The lowest BCUT2D eigenvalue weighted by Gasteiger charge is -2.11. The fraction of sp³-hybridized carbons (Fsp3) is 0.438. The van der Waals surface area contributed by atoms with Crippen molar-refractivity contribution in [1.82, 2.24) is 14.8 Å². The van der Waals surface area contributed by atoms with Crippen LogP contribution in [0.3, 0.4) is 0 Å². The zero-order valence-electron chi connectivity index (χ0n) is 13.9. The molecule has 7 nitrogen and oxygen atoms in total. The smallest absolute Gasteiger partial charge is 0.290 e.